The van der Waals surface area contributed by atoms with E-state index in [4.69, 9.17) is 9.84 Å². The molecule has 0 aromatic heterocycles. The van der Waals surface area contributed by atoms with Gasteiger partial charge in [-0.25, -0.2) is 0 Å². The van der Waals surface area contributed by atoms with Gasteiger partial charge in [0.15, 0.2) is 6.61 Å². The van der Waals surface area contributed by atoms with E-state index in [1.807, 2.05) is 31.2 Å². The summed E-state index contributed by atoms with van der Waals surface area (Å²) < 4.78 is 5.54. The maximum absolute atomic E-state index is 12.3. The Morgan fingerprint density at radius 3 is 2.68 bits per heavy atom. The fourth-order valence-electron chi connectivity index (χ4n) is 2.78. The predicted octanol–water partition coefficient (Wildman–Crippen LogP) is 2.62. The third kappa shape index (κ3) is 4.76. The molecule has 5 nitrogen and oxygen atoms in total. The maximum Gasteiger partial charge on any atom is 0.303 e. The van der Waals surface area contributed by atoms with E-state index in [-0.39, 0.29) is 25.0 Å². The first-order valence-corrected chi connectivity index (χ1v) is 7.77. The molecule has 120 valence electrons. The number of hydrogen-bond acceptors (Lipinski definition) is 3. The number of carboxylic acid groups (broad SMARTS) is 1. The molecule has 22 heavy (non-hydrogen) atoms. The summed E-state index contributed by atoms with van der Waals surface area (Å²) in [4.78, 5) is 24.9. The van der Waals surface area contributed by atoms with Crippen LogP contribution in [0.5, 0.6) is 5.75 Å². The molecule has 0 radical (unpaired) electrons. The molecule has 1 aromatic carbocycles. The van der Waals surface area contributed by atoms with Crippen LogP contribution >= 0.6 is 0 Å². The first-order chi connectivity index (χ1) is 10.6. The number of carboxylic acids is 1. The van der Waals surface area contributed by atoms with E-state index in [2.05, 4.69) is 0 Å². The van der Waals surface area contributed by atoms with E-state index in [1.54, 1.807) is 4.90 Å². The molecule has 1 heterocycles. The largest absolute Gasteiger partial charge is 0.484 e. The van der Waals surface area contributed by atoms with E-state index in [0.717, 1.165) is 24.8 Å². The topological polar surface area (TPSA) is 66.8 Å². The van der Waals surface area contributed by atoms with Crippen LogP contribution in [0, 0.1) is 6.92 Å². The summed E-state index contributed by atoms with van der Waals surface area (Å²) in [6.07, 6.45) is 3.52. The van der Waals surface area contributed by atoms with Crippen molar-refractivity contribution in [3.05, 3.63) is 29.8 Å². The van der Waals surface area contributed by atoms with Crippen LogP contribution in [0.25, 0.3) is 0 Å². The minimum Gasteiger partial charge on any atom is -0.484 e. The van der Waals surface area contributed by atoms with Crippen molar-refractivity contribution in [2.45, 2.75) is 45.1 Å². The van der Waals surface area contributed by atoms with Gasteiger partial charge in [0.2, 0.25) is 0 Å². The van der Waals surface area contributed by atoms with Crippen LogP contribution in [-0.4, -0.2) is 41.1 Å². The van der Waals surface area contributed by atoms with Gasteiger partial charge in [0.1, 0.15) is 5.75 Å². The third-order valence-electron chi connectivity index (χ3n) is 4.02. The van der Waals surface area contributed by atoms with Gasteiger partial charge in [-0.3, -0.25) is 9.59 Å². The van der Waals surface area contributed by atoms with Gasteiger partial charge in [-0.1, -0.05) is 17.7 Å². The second-order valence-corrected chi connectivity index (χ2v) is 5.77. The fourth-order valence-corrected chi connectivity index (χ4v) is 2.78. The Morgan fingerprint density at radius 1 is 1.27 bits per heavy atom. The highest BCUT2D eigenvalue weighted by atomic mass is 16.5. The number of aliphatic carboxylic acids is 1. The second kappa shape index (κ2) is 7.82. The van der Waals surface area contributed by atoms with E-state index < -0.39 is 5.97 Å². The summed E-state index contributed by atoms with van der Waals surface area (Å²) in [5, 5.41) is 8.82. The summed E-state index contributed by atoms with van der Waals surface area (Å²) >= 11 is 0. The molecule has 1 N–H and O–H groups in total. The smallest absolute Gasteiger partial charge is 0.303 e. The monoisotopic (exact) mass is 305 g/mol. The summed E-state index contributed by atoms with van der Waals surface area (Å²) in [6, 6.07) is 7.60. The summed E-state index contributed by atoms with van der Waals surface area (Å²) in [7, 11) is 0. The van der Waals surface area contributed by atoms with Crippen LogP contribution in [0.15, 0.2) is 24.3 Å². The van der Waals surface area contributed by atoms with Crippen molar-refractivity contribution in [2.75, 3.05) is 13.2 Å². The number of aryl methyl sites for hydroxylation is 1. The lowest BCUT2D eigenvalue weighted by Gasteiger charge is -2.35. The lowest BCUT2D eigenvalue weighted by molar-refractivity contribution is -0.141. The summed E-state index contributed by atoms with van der Waals surface area (Å²) in [6.45, 7) is 2.70. The van der Waals surface area contributed by atoms with E-state index >= 15 is 0 Å². The normalized spacial score (nSPS) is 18.0. The molecule has 0 unspecified atom stereocenters. The Hall–Kier alpha value is -2.04. The number of amides is 1. The van der Waals surface area contributed by atoms with Crippen LogP contribution in [0.2, 0.25) is 0 Å². The Kier molecular flexibility index (Phi) is 5.81. The predicted molar refractivity (Wildman–Crippen MR) is 82.9 cm³/mol. The van der Waals surface area contributed by atoms with Crippen molar-refractivity contribution in [1.29, 1.82) is 0 Å². The van der Waals surface area contributed by atoms with Gasteiger partial charge < -0.3 is 14.7 Å². The molecule has 1 aliphatic heterocycles. The quantitative estimate of drug-likeness (QED) is 0.877. The Balaban J connectivity index is 1.88. The number of likely N-dealkylation sites (tertiary alicyclic amines) is 1. The van der Waals surface area contributed by atoms with Crippen LogP contribution in [0.1, 0.15) is 37.7 Å². The fraction of sp³-hybridized carbons (Fsp3) is 0.529. The van der Waals surface area contributed by atoms with E-state index in [0.29, 0.717) is 18.7 Å². The Labute approximate surface area is 130 Å². The molecule has 1 aliphatic rings. The molecule has 2 rings (SSSR count). The highest BCUT2D eigenvalue weighted by Gasteiger charge is 2.27. The molecule has 5 heteroatoms. The lowest BCUT2D eigenvalue weighted by Crippen LogP contribution is -2.46. The molecular weight excluding hydrogens is 282 g/mol. The average Bonchev–Trinajstić information content (AvgIpc) is 2.52. The number of piperidine rings is 1. The maximum atomic E-state index is 12.3. The minimum absolute atomic E-state index is 0.00658. The Bertz CT molecular complexity index is 512. The van der Waals surface area contributed by atoms with Gasteiger partial charge in [-0.15, -0.1) is 0 Å². The molecule has 1 saturated heterocycles. The zero-order valence-corrected chi connectivity index (χ0v) is 13.0. The number of carbonyl (C=O) groups is 2. The zero-order chi connectivity index (χ0) is 15.9. The van der Waals surface area contributed by atoms with Gasteiger partial charge in [0.05, 0.1) is 0 Å². The highest BCUT2D eigenvalue weighted by molar-refractivity contribution is 5.78. The van der Waals surface area contributed by atoms with Gasteiger partial charge in [-0.05, 0) is 44.7 Å². The minimum atomic E-state index is -0.811. The first-order valence-electron chi connectivity index (χ1n) is 7.77. The van der Waals surface area contributed by atoms with Gasteiger partial charge in [0.25, 0.3) is 5.91 Å². The molecule has 0 aliphatic carbocycles. The highest BCUT2D eigenvalue weighted by Crippen LogP contribution is 2.21. The Morgan fingerprint density at radius 2 is 2.00 bits per heavy atom. The standard InChI is InChI=1S/C17H23NO4/c1-13-5-8-15(9-6-13)22-12-16(19)18-11-3-2-4-14(18)7-10-17(20)21/h5-6,8-9,14H,2-4,7,10-12H2,1H3,(H,20,21)/t14-/m1/s1. The molecule has 1 amide bonds. The molecule has 1 fully saturated rings. The summed E-state index contributed by atoms with van der Waals surface area (Å²) in [5.74, 6) is -0.192. The number of hydrogen-bond donors (Lipinski definition) is 1. The van der Waals surface area contributed by atoms with Gasteiger partial charge >= 0.3 is 5.97 Å². The average molecular weight is 305 g/mol. The van der Waals surface area contributed by atoms with Crippen LogP contribution in [0.3, 0.4) is 0 Å². The first kappa shape index (κ1) is 16.3. The van der Waals surface area contributed by atoms with Crippen molar-refractivity contribution in [2.24, 2.45) is 0 Å². The molecule has 1 aromatic rings. The molecular formula is C17H23NO4. The van der Waals surface area contributed by atoms with Crippen molar-refractivity contribution in [3.63, 3.8) is 0 Å². The van der Waals surface area contributed by atoms with Crippen LogP contribution in [-0.2, 0) is 9.59 Å². The number of rotatable bonds is 6. The number of nitrogens with zero attached hydrogens (tertiary/aromatic N) is 1. The van der Waals surface area contributed by atoms with Crippen LogP contribution < -0.4 is 4.74 Å². The second-order valence-electron chi connectivity index (χ2n) is 5.77. The van der Waals surface area contributed by atoms with Crippen molar-refractivity contribution in [1.82, 2.24) is 4.90 Å². The zero-order valence-electron chi connectivity index (χ0n) is 13.0. The molecule has 0 saturated carbocycles. The van der Waals surface area contributed by atoms with E-state index in [1.165, 1.54) is 0 Å². The SMILES string of the molecule is Cc1ccc(OCC(=O)N2CCCC[C@@H]2CCC(=O)O)cc1. The third-order valence-corrected chi connectivity index (χ3v) is 4.02. The number of carbonyl (C=O) groups excluding carboxylic acids is 1. The van der Waals surface area contributed by atoms with Gasteiger partial charge in [0, 0.05) is 19.0 Å². The van der Waals surface area contributed by atoms with Crippen molar-refractivity contribution >= 4 is 11.9 Å². The molecule has 0 spiro atoms. The van der Waals surface area contributed by atoms with Gasteiger partial charge in [-0.2, -0.15) is 0 Å². The summed E-state index contributed by atoms with van der Waals surface area (Å²) in [5.41, 5.74) is 1.14. The molecule has 0 bridgehead atoms. The number of benzene rings is 1. The molecule has 1 atom stereocenters. The number of ether oxygens (including phenoxy) is 1. The van der Waals surface area contributed by atoms with Crippen molar-refractivity contribution < 1.29 is 19.4 Å². The van der Waals surface area contributed by atoms with E-state index in [9.17, 15) is 9.59 Å². The lowest BCUT2D eigenvalue weighted by atomic mass is 9.98. The van der Waals surface area contributed by atoms with Crippen LogP contribution in [0.4, 0.5) is 0 Å². The van der Waals surface area contributed by atoms with Crippen molar-refractivity contribution in [3.8, 4) is 5.75 Å².